The van der Waals surface area contributed by atoms with Gasteiger partial charge in [-0.3, -0.25) is 4.79 Å². The highest BCUT2D eigenvalue weighted by atomic mass is 16.5. The molecule has 0 fully saturated rings. The molecule has 86 valence electrons. The molecule has 1 aromatic carbocycles. The van der Waals surface area contributed by atoms with E-state index in [1.807, 2.05) is 6.92 Å². The Morgan fingerprint density at radius 1 is 1.38 bits per heavy atom. The largest absolute Gasteiger partial charge is 0.467 e. The molecule has 2 rings (SSSR count). The Balaban J connectivity index is 2.48. The maximum Gasteiger partial charge on any atom is 0.210 e. The van der Waals surface area contributed by atoms with Crippen molar-refractivity contribution in [1.82, 2.24) is 5.32 Å². The number of fused-ring (bicyclic) bond motifs is 1. The van der Waals surface area contributed by atoms with Crippen molar-refractivity contribution in [1.29, 1.82) is 0 Å². The molecule has 1 aliphatic rings. The number of amides is 1. The molecule has 1 amide bonds. The summed E-state index contributed by atoms with van der Waals surface area (Å²) in [6.07, 6.45) is 1.43. The molecule has 1 N–H and O–H groups in total. The third-order valence-electron chi connectivity index (χ3n) is 3.32. The normalized spacial score (nSPS) is 22.5. The second-order valence-corrected chi connectivity index (χ2v) is 4.71. The van der Waals surface area contributed by atoms with Gasteiger partial charge >= 0.3 is 0 Å². The molecule has 0 saturated heterocycles. The van der Waals surface area contributed by atoms with Crippen molar-refractivity contribution in [2.24, 2.45) is 0 Å². The summed E-state index contributed by atoms with van der Waals surface area (Å²) in [5.41, 5.74) is 4.24. The van der Waals surface area contributed by atoms with Gasteiger partial charge in [0.25, 0.3) is 0 Å². The topological polar surface area (TPSA) is 38.3 Å². The van der Waals surface area contributed by atoms with Gasteiger partial charge in [-0.05, 0) is 44.4 Å². The van der Waals surface area contributed by atoms with Crippen LogP contribution in [0.1, 0.15) is 29.2 Å². The van der Waals surface area contributed by atoms with Gasteiger partial charge in [0, 0.05) is 12.0 Å². The number of carbonyl (C=O) groups is 1. The fraction of sp³-hybridized carbons (Fsp3) is 0.462. The summed E-state index contributed by atoms with van der Waals surface area (Å²) in [4.78, 5) is 10.6. The Bertz CT molecular complexity index is 454. The number of carbonyl (C=O) groups excluding carboxylic acids is 1. The lowest BCUT2D eigenvalue weighted by molar-refractivity contribution is -0.113. The first-order valence-electron chi connectivity index (χ1n) is 5.47. The molecule has 0 aliphatic carbocycles. The van der Waals surface area contributed by atoms with Crippen molar-refractivity contribution in [3.05, 3.63) is 28.3 Å². The van der Waals surface area contributed by atoms with E-state index >= 15 is 0 Å². The molecule has 0 radical (unpaired) electrons. The van der Waals surface area contributed by atoms with E-state index in [1.54, 1.807) is 0 Å². The molecular formula is C13H17NO2. The van der Waals surface area contributed by atoms with Gasteiger partial charge in [-0.2, -0.15) is 0 Å². The van der Waals surface area contributed by atoms with Crippen LogP contribution in [0.3, 0.4) is 0 Å². The van der Waals surface area contributed by atoms with Crippen LogP contribution < -0.4 is 10.1 Å². The Labute approximate surface area is 95.8 Å². The van der Waals surface area contributed by atoms with Crippen LogP contribution >= 0.6 is 0 Å². The molecule has 0 bridgehead atoms. The molecule has 1 aliphatic heterocycles. The molecule has 0 saturated carbocycles. The fourth-order valence-electron chi connectivity index (χ4n) is 2.27. The van der Waals surface area contributed by atoms with Crippen molar-refractivity contribution in [3.8, 4) is 5.75 Å². The Kier molecular flexibility index (Phi) is 2.41. The highest BCUT2D eigenvalue weighted by molar-refractivity contribution is 5.55. The van der Waals surface area contributed by atoms with Gasteiger partial charge in [0.1, 0.15) is 5.75 Å². The Morgan fingerprint density at radius 2 is 2.06 bits per heavy atom. The standard InChI is InChI=1S/C13H17NO2/c1-8-5-9(2)11-6-13(4,14-7-15)16-12(11)10(8)3/h5,7H,6H2,1-4H3,(H,14,15). The van der Waals surface area contributed by atoms with Crippen LogP contribution in [0, 0.1) is 20.8 Å². The van der Waals surface area contributed by atoms with E-state index in [1.165, 1.54) is 16.7 Å². The third-order valence-corrected chi connectivity index (χ3v) is 3.32. The molecule has 16 heavy (non-hydrogen) atoms. The molecule has 1 atom stereocenters. The van der Waals surface area contributed by atoms with Crippen LogP contribution in [0.5, 0.6) is 5.75 Å². The molecule has 1 unspecified atom stereocenters. The molecule has 0 aromatic heterocycles. The van der Waals surface area contributed by atoms with Gasteiger partial charge in [0.15, 0.2) is 5.72 Å². The van der Waals surface area contributed by atoms with Crippen molar-refractivity contribution in [2.45, 2.75) is 39.8 Å². The zero-order valence-corrected chi connectivity index (χ0v) is 10.2. The Hall–Kier alpha value is -1.51. The summed E-state index contributed by atoms with van der Waals surface area (Å²) in [5, 5.41) is 2.74. The van der Waals surface area contributed by atoms with E-state index in [0.717, 1.165) is 17.7 Å². The van der Waals surface area contributed by atoms with E-state index in [0.29, 0.717) is 6.41 Å². The first-order chi connectivity index (χ1) is 7.47. The summed E-state index contributed by atoms with van der Waals surface area (Å²) in [6.45, 7) is 8.12. The number of ether oxygens (including phenoxy) is 1. The quantitative estimate of drug-likeness (QED) is 0.773. The van der Waals surface area contributed by atoms with Gasteiger partial charge in [0.2, 0.25) is 6.41 Å². The van der Waals surface area contributed by atoms with Crippen LogP contribution in [-0.4, -0.2) is 12.1 Å². The number of rotatable bonds is 2. The average molecular weight is 219 g/mol. The number of hydrogen-bond donors (Lipinski definition) is 1. The van der Waals surface area contributed by atoms with E-state index in [9.17, 15) is 4.79 Å². The van der Waals surface area contributed by atoms with Crippen molar-refractivity contribution in [3.63, 3.8) is 0 Å². The Morgan fingerprint density at radius 3 is 2.69 bits per heavy atom. The van der Waals surface area contributed by atoms with E-state index < -0.39 is 5.72 Å². The summed E-state index contributed by atoms with van der Waals surface area (Å²) in [5.74, 6) is 0.939. The molecule has 1 heterocycles. The highest BCUT2D eigenvalue weighted by Gasteiger charge is 2.36. The molecule has 1 aromatic rings. The monoisotopic (exact) mass is 219 g/mol. The third kappa shape index (κ3) is 1.56. The zero-order valence-electron chi connectivity index (χ0n) is 10.2. The lowest BCUT2D eigenvalue weighted by atomic mass is 9.96. The summed E-state index contributed by atoms with van der Waals surface area (Å²) < 4.78 is 5.88. The highest BCUT2D eigenvalue weighted by Crippen LogP contribution is 2.39. The van der Waals surface area contributed by atoms with Crippen molar-refractivity contribution >= 4 is 6.41 Å². The maximum absolute atomic E-state index is 10.6. The van der Waals surface area contributed by atoms with Gasteiger partial charge in [-0.25, -0.2) is 0 Å². The second kappa shape index (κ2) is 3.51. The van der Waals surface area contributed by atoms with E-state index in [2.05, 4.69) is 32.2 Å². The van der Waals surface area contributed by atoms with E-state index in [-0.39, 0.29) is 0 Å². The lowest BCUT2D eigenvalue weighted by Crippen LogP contribution is -2.45. The minimum absolute atomic E-state index is 0.590. The van der Waals surface area contributed by atoms with Gasteiger partial charge in [-0.1, -0.05) is 6.07 Å². The summed E-state index contributed by atoms with van der Waals surface area (Å²) in [7, 11) is 0. The van der Waals surface area contributed by atoms with Crippen LogP contribution in [0.25, 0.3) is 0 Å². The SMILES string of the molecule is Cc1cc(C)c2c(c1C)OC(C)(NC=O)C2. The number of hydrogen-bond acceptors (Lipinski definition) is 2. The van der Waals surface area contributed by atoms with Crippen molar-refractivity contribution < 1.29 is 9.53 Å². The van der Waals surface area contributed by atoms with Crippen LogP contribution in [0.15, 0.2) is 6.07 Å². The minimum Gasteiger partial charge on any atom is -0.467 e. The predicted octanol–water partition coefficient (Wildman–Crippen LogP) is 2.01. The van der Waals surface area contributed by atoms with Crippen LogP contribution in [-0.2, 0) is 11.2 Å². The average Bonchev–Trinajstić information content (AvgIpc) is 2.54. The second-order valence-electron chi connectivity index (χ2n) is 4.71. The summed E-state index contributed by atoms with van der Waals surface area (Å²) in [6, 6.07) is 2.17. The summed E-state index contributed by atoms with van der Waals surface area (Å²) >= 11 is 0. The predicted molar refractivity (Wildman–Crippen MR) is 62.6 cm³/mol. The molecule has 3 heteroatoms. The number of nitrogens with one attached hydrogen (secondary N) is 1. The molecule has 3 nitrogen and oxygen atoms in total. The fourth-order valence-corrected chi connectivity index (χ4v) is 2.27. The van der Waals surface area contributed by atoms with Gasteiger partial charge in [-0.15, -0.1) is 0 Å². The first-order valence-corrected chi connectivity index (χ1v) is 5.47. The molecule has 0 spiro atoms. The van der Waals surface area contributed by atoms with Crippen LogP contribution in [0.4, 0.5) is 0 Å². The number of aryl methyl sites for hydroxylation is 2. The van der Waals surface area contributed by atoms with Crippen LogP contribution in [0.2, 0.25) is 0 Å². The zero-order chi connectivity index (χ0) is 11.9. The number of benzene rings is 1. The smallest absolute Gasteiger partial charge is 0.210 e. The first kappa shape index (κ1) is 11.0. The maximum atomic E-state index is 10.6. The van der Waals surface area contributed by atoms with Gasteiger partial charge < -0.3 is 10.1 Å². The van der Waals surface area contributed by atoms with Crippen molar-refractivity contribution in [2.75, 3.05) is 0 Å². The lowest BCUT2D eigenvalue weighted by Gasteiger charge is -2.23. The molecular weight excluding hydrogens is 202 g/mol. The van der Waals surface area contributed by atoms with Gasteiger partial charge in [0.05, 0.1) is 0 Å². The minimum atomic E-state index is -0.590. The van der Waals surface area contributed by atoms with E-state index in [4.69, 9.17) is 4.74 Å².